The highest BCUT2D eigenvalue weighted by Crippen LogP contribution is 2.35. The molecule has 0 saturated heterocycles. The number of rotatable bonds is 0. The van der Waals surface area contributed by atoms with Gasteiger partial charge in [0.1, 0.15) is 0 Å². The lowest BCUT2D eigenvalue weighted by atomic mass is 9.75. The molecular formula is C15H14BrNO. The maximum atomic E-state index is 12.2. The molecule has 2 nitrogen and oxygen atoms in total. The SMILES string of the molecule is CC1(C)CC(=O)c2cc3ccc(Br)cc3nc2C1. The first-order chi connectivity index (χ1) is 8.44. The molecule has 0 radical (unpaired) electrons. The second kappa shape index (κ2) is 3.89. The molecule has 0 fully saturated rings. The zero-order valence-corrected chi connectivity index (χ0v) is 12.0. The minimum Gasteiger partial charge on any atom is -0.294 e. The number of pyridine rings is 1. The third-order valence-electron chi connectivity index (χ3n) is 3.44. The number of hydrogen-bond acceptors (Lipinski definition) is 2. The van der Waals surface area contributed by atoms with E-state index in [1.807, 2.05) is 24.3 Å². The number of nitrogens with zero attached hydrogens (tertiary/aromatic N) is 1. The van der Waals surface area contributed by atoms with Crippen LogP contribution in [-0.4, -0.2) is 10.8 Å². The van der Waals surface area contributed by atoms with E-state index in [1.165, 1.54) is 0 Å². The van der Waals surface area contributed by atoms with Crippen LogP contribution in [0.1, 0.15) is 36.3 Å². The van der Waals surface area contributed by atoms with Crippen molar-refractivity contribution >= 4 is 32.6 Å². The Hall–Kier alpha value is -1.22. The Kier molecular flexibility index (Phi) is 2.56. The quantitative estimate of drug-likeness (QED) is 0.732. The zero-order chi connectivity index (χ0) is 12.9. The van der Waals surface area contributed by atoms with Gasteiger partial charge in [-0.1, -0.05) is 35.8 Å². The van der Waals surface area contributed by atoms with Gasteiger partial charge < -0.3 is 0 Å². The molecule has 0 atom stereocenters. The summed E-state index contributed by atoms with van der Waals surface area (Å²) < 4.78 is 1.02. The summed E-state index contributed by atoms with van der Waals surface area (Å²) in [5.74, 6) is 0.221. The summed E-state index contributed by atoms with van der Waals surface area (Å²) in [4.78, 5) is 16.8. The molecule has 2 aromatic rings. The average molecular weight is 304 g/mol. The Bertz CT molecular complexity index is 661. The van der Waals surface area contributed by atoms with E-state index in [0.717, 1.165) is 33.1 Å². The standard InChI is InChI=1S/C15H14BrNO/c1-15(2)7-13-11(14(18)8-15)5-9-3-4-10(16)6-12(9)17-13/h3-6H,7-8H2,1-2H3. The van der Waals surface area contributed by atoms with Gasteiger partial charge in [0.05, 0.1) is 11.2 Å². The second-order valence-corrected chi connectivity index (χ2v) is 6.68. The van der Waals surface area contributed by atoms with Crippen LogP contribution in [0.15, 0.2) is 28.7 Å². The molecule has 1 aliphatic rings. The number of carbonyl (C=O) groups excluding carboxylic acids is 1. The number of Topliss-reactive ketones (excluding diaryl/α,β-unsaturated/α-hetero) is 1. The number of benzene rings is 1. The van der Waals surface area contributed by atoms with Crippen molar-refractivity contribution in [3.8, 4) is 0 Å². The molecular weight excluding hydrogens is 290 g/mol. The van der Waals surface area contributed by atoms with Gasteiger partial charge in [-0.3, -0.25) is 9.78 Å². The number of ketones is 1. The predicted molar refractivity (Wildman–Crippen MR) is 75.9 cm³/mol. The lowest BCUT2D eigenvalue weighted by Crippen LogP contribution is -2.27. The molecule has 1 heterocycles. The molecule has 1 aromatic heterocycles. The molecule has 3 rings (SSSR count). The number of aromatic nitrogens is 1. The maximum Gasteiger partial charge on any atom is 0.165 e. The summed E-state index contributed by atoms with van der Waals surface area (Å²) in [6, 6.07) is 7.97. The third-order valence-corrected chi connectivity index (χ3v) is 3.94. The fourth-order valence-corrected chi connectivity index (χ4v) is 2.95. The predicted octanol–water partition coefficient (Wildman–Crippen LogP) is 4.15. The van der Waals surface area contributed by atoms with Crippen molar-refractivity contribution in [3.63, 3.8) is 0 Å². The summed E-state index contributed by atoms with van der Waals surface area (Å²) in [5, 5.41) is 1.03. The highest BCUT2D eigenvalue weighted by Gasteiger charge is 2.31. The van der Waals surface area contributed by atoms with Crippen LogP contribution >= 0.6 is 15.9 Å². The van der Waals surface area contributed by atoms with Gasteiger partial charge in [0.2, 0.25) is 0 Å². The van der Waals surface area contributed by atoms with Crippen molar-refractivity contribution in [1.29, 1.82) is 0 Å². The van der Waals surface area contributed by atoms with Crippen molar-refractivity contribution in [2.24, 2.45) is 5.41 Å². The maximum absolute atomic E-state index is 12.2. The lowest BCUT2D eigenvalue weighted by Gasteiger charge is -2.29. The fourth-order valence-electron chi connectivity index (χ4n) is 2.60. The first-order valence-corrected chi connectivity index (χ1v) is 6.86. The summed E-state index contributed by atoms with van der Waals surface area (Å²) in [6.45, 7) is 4.25. The van der Waals surface area contributed by atoms with Crippen molar-refractivity contribution in [3.05, 3.63) is 40.0 Å². The van der Waals surface area contributed by atoms with Crippen LogP contribution in [0.5, 0.6) is 0 Å². The number of fused-ring (bicyclic) bond motifs is 2. The van der Waals surface area contributed by atoms with Crippen LogP contribution in [0.3, 0.4) is 0 Å². The Morgan fingerprint density at radius 2 is 2.00 bits per heavy atom. The van der Waals surface area contributed by atoms with Crippen LogP contribution in [0.4, 0.5) is 0 Å². The van der Waals surface area contributed by atoms with Gasteiger partial charge >= 0.3 is 0 Å². The Morgan fingerprint density at radius 3 is 2.78 bits per heavy atom. The van der Waals surface area contributed by atoms with Gasteiger partial charge in [0.25, 0.3) is 0 Å². The molecule has 0 unspecified atom stereocenters. The largest absolute Gasteiger partial charge is 0.294 e. The molecule has 0 spiro atoms. The van der Waals surface area contributed by atoms with Crippen LogP contribution in [0.2, 0.25) is 0 Å². The summed E-state index contributed by atoms with van der Waals surface area (Å²) in [5.41, 5.74) is 2.73. The molecule has 0 aliphatic heterocycles. The Morgan fingerprint density at radius 1 is 1.22 bits per heavy atom. The molecule has 3 heteroatoms. The molecule has 0 amide bonds. The number of halogens is 1. The van der Waals surface area contributed by atoms with Gasteiger partial charge in [0, 0.05) is 21.8 Å². The van der Waals surface area contributed by atoms with E-state index in [0.29, 0.717) is 6.42 Å². The highest BCUT2D eigenvalue weighted by molar-refractivity contribution is 9.10. The van der Waals surface area contributed by atoms with Crippen LogP contribution in [-0.2, 0) is 6.42 Å². The minimum atomic E-state index is 0.0246. The van der Waals surface area contributed by atoms with Crippen LogP contribution in [0.25, 0.3) is 10.9 Å². The van der Waals surface area contributed by atoms with Crippen LogP contribution in [0, 0.1) is 5.41 Å². The van der Waals surface area contributed by atoms with Crippen LogP contribution < -0.4 is 0 Å². The monoisotopic (exact) mass is 303 g/mol. The second-order valence-electron chi connectivity index (χ2n) is 5.76. The van der Waals surface area contributed by atoms with Gasteiger partial charge in [-0.25, -0.2) is 0 Å². The normalized spacial score (nSPS) is 17.8. The van der Waals surface area contributed by atoms with E-state index in [-0.39, 0.29) is 11.2 Å². The van der Waals surface area contributed by atoms with Gasteiger partial charge in [-0.05, 0) is 30.0 Å². The van der Waals surface area contributed by atoms with E-state index >= 15 is 0 Å². The number of hydrogen-bond donors (Lipinski definition) is 0. The van der Waals surface area contributed by atoms with Gasteiger partial charge in [-0.2, -0.15) is 0 Å². The summed E-state index contributed by atoms with van der Waals surface area (Å²) in [7, 11) is 0. The minimum absolute atomic E-state index is 0.0246. The molecule has 1 aromatic carbocycles. The Balaban J connectivity index is 2.24. The molecule has 0 bridgehead atoms. The third kappa shape index (κ3) is 1.97. The van der Waals surface area contributed by atoms with E-state index in [9.17, 15) is 4.79 Å². The van der Waals surface area contributed by atoms with Gasteiger partial charge in [0.15, 0.2) is 5.78 Å². The fraction of sp³-hybridized carbons (Fsp3) is 0.333. The molecule has 1 aliphatic carbocycles. The van der Waals surface area contributed by atoms with E-state index in [1.54, 1.807) is 0 Å². The first kappa shape index (κ1) is 11.8. The smallest absolute Gasteiger partial charge is 0.165 e. The number of carbonyl (C=O) groups is 1. The highest BCUT2D eigenvalue weighted by atomic mass is 79.9. The Labute approximate surface area is 115 Å². The van der Waals surface area contributed by atoms with E-state index in [4.69, 9.17) is 0 Å². The van der Waals surface area contributed by atoms with Crippen molar-refractivity contribution in [2.45, 2.75) is 26.7 Å². The van der Waals surface area contributed by atoms with Gasteiger partial charge in [-0.15, -0.1) is 0 Å². The zero-order valence-electron chi connectivity index (χ0n) is 10.5. The summed E-state index contributed by atoms with van der Waals surface area (Å²) >= 11 is 3.46. The lowest BCUT2D eigenvalue weighted by molar-refractivity contribution is 0.0910. The van der Waals surface area contributed by atoms with Crippen molar-refractivity contribution < 1.29 is 4.79 Å². The van der Waals surface area contributed by atoms with E-state index < -0.39 is 0 Å². The first-order valence-electron chi connectivity index (χ1n) is 6.07. The molecule has 0 saturated carbocycles. The van der Waals surface area contributed by atoms with E-state index in [2.05, 4.69) is 34.8 Å². The molecule has 92 valence electrons. The van der Waals surface area contributed by atoms with Crippen molar-refractivity contribution in [2.75, 3.05) is 0 Å². The average Bonchev–Trinajstić information content (AvgIpc) is 2.25. The molecule has 18 heavy (non-hydrogen) atoms. The van der Waals surface area contributed by atoms with Crippen molar-refractivity contribution in [1.82, 2.24) is 4.98 Å². The molecule has 0 N–H and O–H groups in total. The summed E-state index contributed by atoms with van der Waals surface area (Å²) in [6.07, 6.45) is 1.49. The topological polar surface area (TPSA) is 30.0 Å².